The monoisotopic (exact) mass is 742 g/mol. The number of rotatable bonds is 6. The molecular formula is C54H34N2O2. The largest absolute Gasteiger partial charge is 0.456 e. The molecule has 0 spiro atoms. The van der Waals surface area contributed by atoms with Crippen LogP contribution in [0.1, 0.15) is 0 Å². The number of hydrogen-bond donors (Lipinski definition) is 0. The van der Waals surface area contributed by atoms with Gasteiger partial charge in [-0.1, -0.05) is 127 Å². The van der Waals surface area contributed by atoms with Crippen molar-refractivity contribution in [3.05, 3.63) is 206 Å². The van der Waals surface area contributed by atoms with E-state index in [9.17, 15) is 0 Å². The molecule has 0 bridgehead atoms. The van der Waals surface area contributed by atoms with Crippen molar-refractivity contribution < 1.29 is 8.83 Å². The Bertz CT molecular complexity index is 3450. The van der Waals surface area contributed by atoms with E-state index in [1.807, 2.05) is 18.2 Å². The fraction of sp³-hybridized carbons (Fsp3) is 0. The second kappa shape index (κ2) is 12.9. The lowest BCUT2D eigenvalue weighted by Gasteiger charge is -2.25. The minimum absolute atomic E-state index is 0.863. The Labute approximate surface area is 334 Å². The Morgan fingerprint density at radius 3 is 1.60 bits per heavy atom. The van der Waals surface area contributed by atoms with Gasteiger partial charge in [-0.15, -0.1) is 0 Å². The molecular weight excluding hydrogens is 709 g/mol. The second-order valence-electron chi connectivity index (χ2n) is 14.9. The molecule has 0 aliphatic heterocycles. The highest BCUT2D eigenvalue weighted by Gasteiger charge is 2.24. The summed E-state index contributed by atoms with van der Waals surface area (Å²) in [7, 11) is 0. The Balaban J connectivity index is 1.16. The molecule has 12 rings (SSSR count). The number of para-hydroxylation sites is 4. The molecule has 0 saturated heterocycles. The first-order valence-electron chi connectivity index (χ1n) is 19.7. The normalized spacial score (nSPS) is 11.8. The van der Waals surface area contributed by atoms with Crippen LogP contribution >= 0.6 is 0 Å². The van der Waals surface area contributed by atoms with E-state index in [4.69, 9.17) is 8.83 Å². The van der Waals surface area contributed by atoms with Crippen LogP contribution in [0.15, 0.2) is 215 Å². The van der Waals surface area contributed by atoms with Crippen molar-refractivity contribution in [3.63, 3.8) is 0 Å². The lowest BCUT2D eigenvalue weighted by Crippen LogP contribution is -2.09. The van der Waals surface area contributed by atoms with Crippen LogP contribution < -0.4 is 4.90 Å². The summed E-state index contributed by atoms with van der Waals surface area (Å²) in [5, 5.41) is 6.85. The molecule has 3 heterocycles. The van der Waals surface area contributed by atoms with Gasteiger partial charge in [0.2, 0.25) is 0 Å². The predicted molar refractivity (Wildman–Crippen MR) is 241 cm³/mol. The maximum atomic E-state index is 6.70. The van der Waals surface area contributed by atoms with Gasteiger partial charge in [0.15, 0.2) is 0 Å². The Kier molecular flexibility index (Phi) is 7.20. The van der Waals surface area contributed by atoms with Crippen molar-refractivity contribution >= 4 is 82.7 Å². The molecule has 3 aromatic heterocycles. The van der Waals surface area contributed by atoms with Crippen molar-refractivity contribution in [1.29, 1.82) is 0 Å². The summed E-state index contributed by atoms with van der Waals surface area (Å²) < 4.78 is 15.5. The third-order valence-electron chi connectivity index (χ3n) is 11.6. The fourth-order valence-corrected chi connectivity index (χ4v) is 9.09. The maximum Gasteiger partial charge on any atom is 0.138 e. The Hall–Kier alpha value is -7.82. The summed E-state index contributed by atoms with van der Waals surface area (Å²) >= 11 is 0. The molecule has 4 nitrogen and oxygen atoms in total. The van der Waals surface area contributed by atoms with E-state index in [2.05, 4.69) is 198 Å². The van der Waals surface area contributed by atoms with Gasteiger partial charge in [-0.05, 0) is 89.5 Å². The third-order valence-corrected chi connectivity index (χ3v) is 11.6. The molecule has 58 heavy (non-hydrogen) atoms. The van der Waals surface area contributed by atoms with Crippen molar-refractivity contribution in [3.8, 4) is 27.9 Å². The molecule has 0 saturated carbocycles. The topological polar surface area (TPSA) is 34.5 Å². The molecule has 12 aromatic rings. The van der Waals surface area contributed by atoms with Crippen LogP contribution in [0.3, 0.4) is 0 Å². The predicted octanol–water partition coefficient (Wildman–Crippen LogP) is 15.4. The number of anilines is 3. The SMILES string of the molecule is c1ccc(-c2c3c(cc4c2c2ccc(-c5cccc6oc7ccccc7c56)cc2n4-c2ccc(N(c4ccccc4)c4ccccc4)cc2)oc2ccccc23)cc1. The molecule has 0 unspecified atom stereocenters. The zero-order chi connectivity index (χ0) is 38.2. The first-order valence-corrected chi connectivity index (χ1v) is 19.7. The number of furan rings is 2. The summed E-state index contributed by atoms with van der Waals surface area (Å²) in [4.78, 5) is 2.30. The van der Waals surface area contributed by atoms with Gasteiger partial charge >= 0.3 is 0 Å². The van der Waals surface area contributed by atoms with Crippen LogP contribution in [0.2, 0.25) is 0 Å². The minimum atomic E-state index is 0.863. The fourth-order valence-electron chi connectivity index (χ4n) is 9.09. The van der Waals surface area contributed by atoms with Crippen LogP contribution in [0, 0.1) is 0 Å². The minimum Gasteiger partial charge on any atom is -0.456 e. The smallest absolute Gasteiger partial charge is 0.138 e. The number of hydrogen-bond acceptors (Lipinski definition) is 3. The van der Waals surface area contributed by atoms with Crippen molar-refractivity contribution in [2.24, 2.45) is 0 Å². The van der Waals surface area contributed by atoms with Crippen molar-refractivity contribution in [1.82, 2.24) is 4.57 Å². The highest BCUT2D eigenvalue weighted by Crippen LogP contribution is 2.48. The Morgan fingerprint density at radius 2 is 0.914 bits per heavy atom. The van der Waals surface area contributed by atoms with Crippen molar-refractivity contribution in [2.45, 2.75) is 0 Å². The van der Waals surface area contributed by atoms with Gasteiger partial charge in [0.05, 0.1) is 11.0 Å². The van der Waals surface area contributed by atoms with E-state index in [-0.39, 0.29) is 0 Å². The first kappa shape index (κ1) is 32.4. The molecule has 0 aliphatic carbocycles. The zero-order valence-electron chi connectivity index (χ0n) is 31.3. The first-order chi connectivity index (χ1) is 28.8. The molecule has 0 aliphatic rings. The standard InChI is InChI=1S/C54H34N2O2/c1-4-15-35(16-5-1)51-53-42-32-27-36(41-23-14-26-49-52(41)43-21-10-12-24-47(43)57-49)33-45(42)56(46(53)34-50-54(51)44-22-11-13-25-48(44)58-50)40-30-28-39(29-31-40)55(37-17-6-2-7-18-37)38-19-8-3-9-20-38/h1-34H. The van der Waals surface area contributed by atoms with Gasteiger partial charge in [-0.3, -0.25) is 0 Å². The number of fused-ring (bicyclic) bond motifs is 9. The molecule has 0 amide bonds. The van der Waals surface area contributed by atoms with E-state index in [0.29, 0.717) is 0 Å². The molecule has 272 valence electrons. The van der Waals surface area contributed by atoms with Gasteiger partial charge < -0.3 is 18.3 Å². The lowest BCUT2D eigenvalue weighted by atomic mass is 9.93. The van der Waals surface area contributed by atoms with E-state index in [1.165, 1.54) is 16.3 Å². The van der Waals surface area contributed by atoms with Crippen LogP contribution in [0.5, 0.6) is 0 Å². The zero-order valence-corrected chi connectivity index (χ0v) is 31.3. The van der Waals surface area contributed by atoms with E-state index in [0.717, 1.165) is 94.4 Å². The van der Waals surface area contributed by atoms with Gasteiger partial charge in [0.1, 0.15) is 22.3 Å². The van der Waals surface area contributed by atoms with Crippen LogP contribution in [-0.4, -0.2) is 4.57 Å². The average molecular weight is 743 g/mol. The number of aromatic nitrogens is 1. The number of benzene rings is 9. The molecule has 0 radical (unpaired) electrons. The summed E-state index contributed by atoms with van der Waals surface area (Å²) in [6.07, 6.45) is 0. The van der Waals surface area contributed by atoms with Crippen LogP contribution in [0.25, 0.3) is 93.6 Å². The molecule has 9 aromatic carbocycles. The van der Waals surface area contributed by atoms with Gasteiger partial charge in [-0.25, -0.2) is 0 Å². The van der Waals surface area contributed by atoms with Crippen LogP contribution in [0.4, 0.5) is 17.1 Å². The molecule has 4 heteroatoms. The summed E-state index contributed by atoms with van der Waals surface area (Å²) in [5.41, 5.74) is 14.6. The summed E-state index contributed by atoms with van der Waals surface area (Å²) in [6.45, 7) is 0. The maximum absolute atomic E-state index is 6.70. The molecule has 0 atom stereocenters. The summed E-state index contributed by atoms with van der Waals surface area (Å²) in [6, 6.07) is 73.1. The second-order valence-corrected chi connectivity index (χ2v) is 14.9. The van der Waals surface area contributed by atoms with E-state index in [1.54, 1.807) is 0 Å². The quantitative estimate of drug-likeness (QED) is 0.170. The highest BCUT2D eigenvalue weighted by atomic mass is 16.3. The van der Waals surface area contributed by atoms with Gasteiger partial charge in [0.25, 0.3) is 0 Å². The average Bonchev–Trinajstić information content (AvgIpc) is 3.96. The molecule has 0 fully saturated rings. The highest BCUT2D eigenvalue weighted by molar-refractivity contribution is 6.27. The number of nitrogens with zero attached hydrogens (tertiary/aromatic N) is 2. The van der Waals surface area contributed by atoms with Gasteiger partial charge in [0, 0.05) is 66.7 Å². The van der Waals surface area contributed by atoms with Crippen molar-refractivity contribution in [2.75, 3.05) is 4.90 Å². The van der Waals surface area contributed by atoms with Gasteiger partial charge in [-0.2, -0.15) is 0 Å². The lowest BCUT2D eigenvalue weighted by molar-refractivity contribution is 0.668. The third kappa shape index (κ3) is 4.95. The summed E-state index contributed by atoms with van der Waals surface area (Å²) in [5.74, 6) is 0. The van der Waals surface area contributed by atoms with E-state index < -0.39 is 0 Å². The Morgan fingerprint density at radius 1 is 0.345 bits per heavy atom. The van der Waals surface area contributed by atoms with Crippen LogP contribution in [-0.2, 0) is 0 Å². The van der Waals surface area contributed by atoms with E-state index >= 15 is 0 Å². The molecule has 0 N–H and O–H groups in total.